The average molecular weight is 417 g/mol. The van der Waals surface area contributed by atoms with E-state index in [-0.39, 0.29) is 11.4 Å². The molecule has 0 fully saturated rings. The van der Waals surface area contributed by atoms with Crippen molar-refractivity contribution in [3.8, 4) is 0 Å². The fourth-order valence-electron chi connectivity index (χ4n) is 1.73. The molecule has 1 aromatic carbocycles. The predicted molar refractivity (Wildman–Crippen MR) is 87.0 cm³/mol. The van der Waals surface area contributed by atoms with Gasteiger partial charge in [0.05, 0.1) is 11.4 Å². The Balaban J connectivity index is 2.15. The largest absolute Gasteiger partial charge is 0.477 e. The summed E-state index contributed by atoms with van der Waals surface area (Å²) < 4.78 is 1.52. The summed E-state index contributed by atoms with van der Waals surface area (Å²) in [5.74, 6) is -1.14. The maximum absolute atomic E-state index is 12.0. The number of aromatic carboxylic acids is 1. The van der Waals surface area contributed by atoms with E-state index in [1.54, 1.807) is 25.1 Å². The molecule has 1 aromatic heterocycles. The molecule has 0 saturated carbocycles. The highest BCUT2D eigenvalue weighted by molar-refractivity contribution is 9.11. The fraction of sp³-hybridized carbons (Fsp3) is 0.0769. The number of aromatic nitrogens is 1. The van der Waals surface area contributed by atoms with Crippen LogP contribution in [0.2, 0.25) is 0 Å². The molecule has 110 valence electrons. The second-order valence-electron chi connectivity index (χ2n) is 4.25. The van der Waals surface area contributed by atoms with Crippen LogP contribution in [0.15, 0.2) is 33.2 Å². The van der Waals surface area contributed by atoms with Crippen molar-refractivity contribution in [2.75, 3.05) is 10.6 Å². The number of carbonyl (C=O) groups excluding carboxylic acids is 1. The first-order valence-corrected chi connectivity index (χ1v) is 7.41. The van der Waals surface area contributed by atoms with Crippen molar-refractivity contribution in [3.05, 3.63) is 44.6 Å². The van der Waals surface area contributed by atoms with Crippen LogP contribution < -0.4 is 10.6 Å². The van der Waals surface area contributed by atoms with Gasteiger partial charge in [-0.15, -0.1) is 0 Å². The van der Waals surface area contributed by atoms with E-state index in [2.05, 4.69) is 47.5 Å². The molecule has 2 aromatic rings. The van der Waals surface area contributed by atoms with Crippen LogP contribution in [0, 0.1) is 6.92 Å². The maximum atomic E-state index is 12.0. The van der Waals surface area contributed by atoms with E-state index in [9.17, 15) is 9.59 Å². The maximum Gasteiger partial charge on any atom is 0.354 e. The van der Waals surface area contributed by atoms with Crippen molar-refractivity contribution in [2.24, 2.45) is 0 Å². The second kappa shape index (κ2) is 6.31. The Labute approximate surface area is 137 Å². The van der Waals surface area contributed by atoms with Gasteiger partial charge in [-0.1, -0.05) is 15.9 Å². The van der Waals surface area contributed by atoms with Gasteiger partial charge in [-0.2, -0.15) is 0 Å². The number of aromatic amines is 1. The Morgan fingerprint density at radius 1 is 1.14 bits per heavy atom. The topological polar surface area (TPSA) is 94.2 Å². The van der Waals surface area contributed by atoms with Crippen molar-refractivity contribution in [1.82, 2.24) is 4.98 Å². The molecule has 2 amide bonds. The summed E-state index contributed by atoms with van der Waals surface area (Å²) in [4.78, 5) is 25.7. The summed E-state index contributed by atoms with van der Waals surface area (Å²) in [7, 11) is 0. The molecule has 4 N–H and O–H groups in total. The van der Waals surface area contributed by atoms with E-state index in [1.807, 2.05) is 6.07 Å². The number of hydrogen-bond acceptors (Lipinski definition) is 2. The number of hydrogen-bond donors (Lipinski definition) is 4. The molecule has 0 saturated heterocycles. The fourth-order valence-corrected chi connectivity index (χ4v) is 2.43. The van der Waals surface area contributed by atoms with Gasteiger partial charge in [0.25, 0.3) is 0 Å². The Morgan fingerprint density at radius 3 is 2.48 bits per heavy atom. The Bertz CT molecular complexity index is 713. The van der Waals surface area contributed by atoms with E-state index < -0.39 is 12.0 Å². The number of carboxylic acid groups (broad SMARTS) is 1. The molecular formula is C13H11Br2N3O3. The van der Waals surface area contributed by atoms with Crippen LogP contribution in [-0.2, 0) is 0 Å². The first kappa shape index (κ1) is 15.6. The standard InChI is InChI=1S/C13H11Br2N3O3/c1-6-4-10(11(16-6)12(19)20)18-13(21)17-9-5-7(14)2-3-8(9)15/h2-5,16H,1H3,(H,19,20)(H2,17,18,21). The first-order chi connectivity index (χ1) is 9.86. The lowest BCUT2D eigenvalue weighted by Gasteiger charge is -2.09. The minimum absolute atomic E-state index is 0.0593. The number of carbonyl (C=O) groups is 2. The van der Waals surface area contributed by atoms with Crippen LogP contribution in [0.3, 0.4) is 0 Å². The third kappa shape index (κ3) is 3.85. The third-order valence-corrected chi connectivity index (χ3v) is 3.78. The summed E-state index contributed by atoms with van der Waals surface area (Å²) in [6.07, 6.45) is 0. The summed E-state index contributed by atoms with van der Waals surface area (Å²) >= 11 is 6.63. The van der Waals surface area contributed by atoms with Gasteiger partial charge in [0.2, 0.25) is 0 Å². The van der Waals surface area contributed by atoms with Crippen LogP contribution >= 0.6 is 31.9 Å². The van der Waals surface area contributed by atoms with Gasteiger partial charge in [0.1, 0.15) is 5.69 Å². The van der Waals surface area contributed by atoms with Gasteiger partial charge in [-0.25, -0.2) is 9.59 Å². The van der Waals surface area contributed by atoms with Crippen LogP contribution in [0.5, 0.6) is 0 Å². The quantitative estimate of drug-likeness (QED) is 0.604. The second-order valence-corrected chi connectivity index (χ2v) is 6.02. The SMILES string of the molecule is Cc1cc(NC(=O)Nc2cc(Br)ccc2Br)c(C(=O)O)[nH]1. The highest BCUT2D eigenvalue weighted by Gasteiger charge is 2.15. The van der Waals surface area contributed by atoms with Gasteiger partial charge in [-0.05, 0) is 47.1 Å². The van der Waals surface area contributed by atoms with Gasteiger partial charge >= 0.3 is 12.0 Å². The predicted octanol–water partition coefficient (Wildman–Crippen LogP) is 4.19. The summed E-state index contributed by atoms with van der Waals surface area (Å²) in [5, 5.41) is 14.2. The molecular weight excluding hydrogens is 406 g/mol. The van der Waals surface area contributed by atoms with Crippen molar-refractivity contribution >= 4 is 55.2 Å². The molecule has 1 heterocycles. The van der Waals surface area contributed by atoms with Crippen LogP contribution in [0.4, 0.5) is 16.2 Å². The highest BCUT2D eigenvalue weighted by Crippen LogP contribution is 2.26. The molecule has 0 aliphatic carbocycles. The van der Waals surface area contributed by atoms with Gasteiger partial charge < -0.3 is 20.7 Å². The minimum atomic E-state index is -1.14. The molecule has 2 rings (SSSR count). The average Bonchev–Trinajstić information content (AvgIpc) is 2.75. The Hall–Kier alpha value is -1.80. The Morgan fingerprint density at radius 2 is 1.81 bits per heavy atom. The molecule has 21 heavy (non-hydrogen) atoms. The number of carboxylic acids is 1. The third-order valence-electron chi connectivity index (χ3n) is 2.59. The zero-order valence-electron chi connectivity index (χ0n) is 10.8. The lowest BCUT2D eigenvalue weighted by Crippen LogP contribution is -2.20. The van der Waals surface area contributed by atoms with Gasteiger partial charge in [0, 0.05) is 14.6 Å². The number of anilines is 2. The number of benzene rings is 1. The summed E-state index contributed by atoms with van der Waals surface area (Å²) in [6.45, 7) is 1.71. The van der Waals surface area contributed by atoms with Gasteiger partial charge in [0.15, 0.2) is 0 Å². The van der Waals surface area contributed by atoms with Crippen molar-refractivity contribution < 1.29 is 14.7 Å². The smallest absolute Gasteiger partial charge is 0.354 e. The molecule has 0 radical (unpaired) electrons. The number of nitrogens with one attached hydrogen (secondary N) is 3. The molecule has 0 aliphatic heterocycles. The van der Waals surface area contributed by atoms with Crippen LogP contribution in [0.25, 0.3) is 0 Å². The number of amides is 2. The van der Waals surface area contributed by atoms with E-state index in [4.69, 9.17) is 5.11 Å². The van der Waals surface area contributed by atoms with E-state index in [0.29, 0.717) is 15.9 Å². The number of halogens is 2. The van der Waals surface area contributed by atoms with Crippen molar-refractivity contribution in [3.63, 3.8) is 0 Å². The van der Waals surface area contributed by atoms with Gasteiger partial charge in [-0.3, -0.25) is 0 Å². The number of urea groups is 1. The lowest BCUT2D eigenvalue weighted by atomic mass is 10.3. The lowest BCUT2D eigenvalue weighted by molar-refractivity contribution is 0.0692. The van der Waals surface area contributed by atoms with Crippen LogP contribution in [-0.4, -0.2) is 22.1 Å². The minimum Gasteiger partial charge on any atom is -0.477 e. The monoisotopic (exact) mass is 415 g/mol. The Kier molecular flexibility index (Phi) is 4.69. The molecule has 0 spiro atoms. The van der Waals surface area contributed by atoms with Crippen LogP contribution in [0.1, 0.15) is 16.2 Å². The van der Waals surface area contributed by atoms with Crippen molar-refractivity contribution in [1.29, 1.82) is 0 Å². The molecule has 0 bridgehead atoms. The number of aryl methyl sites for hydroxylation is 1. The molecule has 8 heteroatoms. The molecule has 6 nitrogen and oxygen atoms in total. The van der Waals surface area contributed by atoms with E-state index in [0.717, 1.165) is 4.47 Å². The zero-order valence-corrected chi connectivity index (χ0v) is 14.0. The zero-order chi connectivity index (χ0) is 15.6. The number of H-pyrrole nitrogens is 1. The van der Waals surface area contributed by atoms with E-state index >= 15 is 0 Å². The molecule has 0 aliphatic rings. The van der Waals surface area contributed by atoms with E-state index in [1.165, 1.54) is 0 Å². The first-order valence-electron chi connectivity index (χ1n) is 5.83. The summed E-state index contributed by atoms with van der Waals surface area (Å²) in [6, 6.07) is 6.35. The van der Waals surface area contributed by atoms with Crippen molar-refractivity contribution in [2.45, 2.75) is 6.92 Å². The summed E-state index contributed by atoms with van der Waals surface area (Å²) in [5.41, 5.74) is 1.36. The number of rotatable bonds is 3. The molecule has 0 atom stereocenters. The normalized spacial score (nSPS) is 10.2. The highest BCUT2D eigenvalue weighted by atomic mass is 79.9. The molecule has 0 unspecified atom stereocenters.